The Morgan fingerprint density at radius 2 is 2.22 bits per heavy atom. The predicted octanol–water partition coefficient (Wildman–Crippen LogP) is 2.80. The molecule has 0 saturated heterocycles. The summed E-state index contributed by atoms with van der Waals surface area (Å²) in [6, 6.07) is 5.21. The molecule has 1 unspecified atom stereocenters. The van der Waals surface area contributed by atoms with Crippen LogP contribution in [0.25, 0.3) is 0 Å². The van der Waals surface area contributed by atoms with Crippen LogP contribution in [0.2, 0.25) is 0 Å². The number of hydrogen-bond donors (Lipinski definition) is 1. The van der Waals surface area contributed by atoms with E-state index in [9.17, 15) is 0 Å². The lowest BCUT2D eigenvalue weighted by Gasteiger charge is -2.23. The number of hydrogen-bond acceptors (Lipinski definition) is 3. The Balaban J connectivity index is 1.39. The highest BCUT2D eigenvalue weighted by molar-refractivity contribution is 5.02. The van der Waals surface area contributed by atoms with Crippen LogP contribution in [-0.4, -0.2) is 30.6 Å². The van der Waals surface area contributed by atoms with Crippen LogP contribution in [0.1, 0.15) is 44.4 Å². The van der Waals surface area contributed by atoms with Gasteiger partial charge in [-0.2, -0.15) is 0 Å². The Hall–Kier alpha value is -0.800. The van der Waals surface area contributed by atoms with Gasteiger partial charge in [0, 0.05) is 25.7 Å². The van der Waals surface area contributed by atoms with Crippen molar-refractivity contribution in [1.82, 2.24) is 10.2 Å². The van der Waals surface area contributed by atoms with Gasteiger partial charge < -0.3 is 9.73 Å². The van der Waals surface area contributed by atoms with Gasteiger partial charge in [-0.15, -0.1) is 0 Å². The molecular weight excluding hydrogens is 224 g/mol. The van der Waals surface area contributed by atoms with Crippen LogP contribution in [0.5, 0.6) is 0 Å². The maximum Gasteiger partial charge on any atom is 0.120 e. The van der Waals surface area contributed by atoms with E-state index < -0.39 is 0 Å². The molecule has 1 atom stereocenters. The molecule has 18 heavy (non-hydrogen) atoms. The molecule has 0 spiro atoms. The van der Waals surface area contributed by atoms with Gasteiger partial charge in [-0.25, -0.2) is 0 Å². The minimum absolute atomic E-state index is 0.321. The summed E-state index contributed by atoms with van der Waals surface area (Å²) in [6.45, 7) is 5.75. The van der Waals surface area contributed by atoms with Crippen LogP contribution in [0.15, 0.2) is 22.8 Å². The molecule has 0 amide bonds. The van der Waals surface area contributed by atoms with Crippen molar-refractivity contribution in [2.75, 3.05) is 19.6 Å². The monoisotopic (exact) mass is 248 g/mol. The summed E-state index contributed by atoms with van der Waals surface area (Å²) in [5.41, 5.74) is 0. The molecule has 3 nitrogen and oxygen atoms in total. The maximum absolute atomic E-state index is 5.41. The zero-order valence-corrected chi connectivity index (χ0v) is 11.3. The average Bonchev–Trinajstić information content (AvgIpc) is 3.28. The highest BCUT2D eigenvalue weighted by Gasteiger charge is 2.33. The maximum atomic E-state index is 5.41. The van der Waals surface area contributed by atoms with Gasteiger partial charge in [-0.05, 0) is 50.7 Å². The first-order chi connectivity index (χ1) is 8.83. The summed E-state index contributed by atoms with van der Waals surface area (Å²) in [7, 11) is 0. The van der Waals surface area contributed by atoms with Crippen LogP contribution >= 0.6 is 0 Å². The largest absolute Gasteiger partial charge is 0.468 e. The van der Waals surface area contributed by atoms with Crippen LogP contribution in [0, 0.1) is 5.92 Å². The normalized spacial score (nSPS) is 21.4. The standard InChI is InChI=1S/C15H24N2O/c1-12(15-3-2-10-18-15)16-8-9-17(14-6-7-14)11-13-4-5-13/h2-3,10,12-14,16H,4-9,11H2,1H3. The Labute approximate surface area is 110 Å². The summed E-state index contributed by atoms with van der Waals surface area (Å²) in [4.78, 5) is 2.69. The quantitative estimate of drug-likeness (QED) is 0.767. The topological polar surface area (TPSA) is 28.4 Å². The van der Waals surface area contributed by atoms with E-state index >= 15 is 0 Å². The number of rotatable bonds is 8. The van der Waals surface area contributed by atoms with Crippen LogP contribution in [0.3, 0.4) is 0 Å². The van der Waals surface area contributed by atoms with Gasteiger partial charge >= 0.3 is 0 Å². The minimum Gasteiger partial charge on any atom is -0.468 e. The third-order valence-corrected chi connectivity index (χ3v) is 4.07. The molecule has 0 aliphatic heterocycles. The third-order valence-electron chi connectivity index (χ3n) is 4.07. The van der Waals surface area contributed by atoms with E-state index in [1.54, 1.807) is 6.26 Å². The lowest BCUT2D eigenvalue weighted by Crippen LogP contribution is -2.36. The van der Waals surface area contributed by atoms with Gasteiger partial charge in [0.1, 0.15) is 5.76 Å². The molecule has 0 radical (unpaired) electrons. The number of furan rings is 1. The fourth-order valence-corrected chi connectivity index (χ4v) is 2.56. The van der Waals surface area contributed by atoms with E-state index in [-0.39, 0.29) is 0 Å². The summed E-state index contributed by atoms with van der Waals surface area (Å²) < 4.78 is 5.41. The van der Waals surface area contributed by atoms with Crippen LogP contribution < -0.4 is 5.32 Å². The fraction of sp³-hybridized carbons (Fsp3) is 0.733. The van der Waals surface area contributed by atoms with Gasteiger partial charge in [0.2, 0.25) is 0 Å². The van der Waals surface area contributed by atoms with Crippen LogP contribution in [-0.2, 0) is 0 Å². The molecule has 3 rings (SSSR count). The molecule has 1 aromatic heterocycles. The second-order valence-corrected chi connectivity index (χ2v) is 5.86. The first-order valence-electron chi connectivity index (χ1n) is 7.34. The summed E-state index contributed by atoms with van der Waals surface area (Å²) in [5.74, 6) is 2.04. The zero-order chi connectivity index (χ0) is 12.4. The Kier molecular flexibility index (Phi) is 3.71. The Bertz CT molecular complexity index is 355. The second-order valence-electron chi connectivity index (χ2n) is 5.86. The van der Waals surface area contributed by atoms with Crippen molar-refractivity contribution in [2.24, 2.45) is 5.92 Å². The molecule has 0 bridgehead atoms. The van der Waals surface area contributed by atoms with Gasteiger partial charge in [0.15, 0.2) is 0 Å². The minimum atomic E-state index is 0.321. The Morgan fingerprint density at radius 1 is 1.39 bits per heavy atom. The molecule has 3 heteroatoms. The second kappa shape index (κ2) is 5.45. The fourth-order valence-electron chi connectivity index (χ4n) is 2.56. The van der Waals surface area contributed by atoms with E-state index in [1.165, 1.54) is 38.8 Å². The lowest BCUT2D eigenvalue weighted by molar-refractivity contribution is 0.247. The molecule has 1 heterocycles. The van der Waals surface area contributed by atoms with E-state index in [4.69, 9.17) is 4.42 Å². The van der Waals surface area contributed by atoms with E-state index in [0.717, 1.165) is 24.3 Å². The van der Waals surface area contributed by atoms with Gasteiger partial charge in [0.05, 0.1) is 12.3 Å². The van der Waals surface area contributed by atoms with E-state index in [2.05, 4.69) is 17.1 Å². The molecule has 2 saturated carbocycles. The number of nitrogens with one attached hydrogen (secondary N) is 1. The van der Waals surface area contributed by atoms with Gasteiger partial charge in [-0.1, -0.05) is 0 Å². The van der Waals surface area contributed by atoms with Crippen molar-refractivity contribution < 1.29 is 4.42 Å². The van der Waals surface area contributed by atoms with Crippen molar-refractivity contribution in [2.45, 2.75) is 44.7 Å². The molecule has 0 aromatic carbocycles. The molecule has 2 fully saturated rings. The van der Waals surface area contributed by atoms with Crippen molar-refractivity contribution in [3.05, 3.63) is 24.2 Å². The van der Waals surface area contributed by atoms with Gasteiger partial charge in [0.25, 0.3) is 0 Å². The molecule has 2 aliphatic carbocycles. The molecular formula is C15H24N2O. The van der Waals surface area contributed by atoms with Crippen molar-refractivity contribution >= 4 is 0 Å². The predicted molar refractivity (Wildman–Crippen MR) is 72.4 cm³/mol. The molecule has 100 valence electrons. The average molecular weight is 248 g/mol. The smallest absolute Gasteiger partial charge is 0.120 e. The zero-order valence-electron chi connectivity index (χ0n) is 11.3. The highest BCUT2D eigenvalue weighted by atomic mass is 16.3. The number of nitrogens with zero attached hydrogens (tertiary/aromatic N) is 1. The summed E-state index contributed by atoms with van der Waals surface area (Å²) in [6.07, 6.45) is 7.50. The van der Waals surface area contributed by atoms with E-state index in [0.29, 0.717) is 6.04 Å². The van der Waals surface area contributed by atoms with Gasteiger partial charge in [-0.3, -0.25) is 4.90 Å². The molecule has 1 aromatic rings. The summed E-state index contributed by atoms with van der Waals surface area (Å²) in [5, 5.41) is 3.56. The van der Waals surface area contributed by atoms with E-state index in [1.807, 2.05) is 12.1 Å². The molecule has 2 aliphatic rings. The van der Waals surface area contributed by atoms with Crippen molar-refractivity contribution in [1.29, 1.82) is 0 Å². The SMILES string of the molecule is CC(NCCN(CC1CC1)C1CC1)c1ccco1. The molecule has 1 N–H and O–H groups in total. The first kappa shape index (κ1) is 12.2. The highest BCUT2D eigenvalue weighted by Crippen LogP contribution is 2.34. The van der Waals surface area contributed by atoms with Crippen molar-refractivity contribution in [3.63, 3.8) is 0 Å². The lowest BCUT2D eigenvalue weighted by atomic mass is 10.2. The third kappa shape index (κ3) is 3.36. The van der Waals surface area contributed by atoms with Crippen molar-refractivity contribution in [3.8, 4) is 0 Å². The first-order valence-corrected chi connectivity index (χ1v) is 7.34. The Morgan fingerprint density at radius 3 is 2.83 bits per heavy atom. The van der Waals surface area contributed by atoms with Crippen LogP contribution in [0.4, 0.5) is 0 Å². The summed E-state index contributed by atoms with van der Waals surface area (Å²) >= 11 is 0.